The lowest BCUT2D eigenvalue weighted by molar-refractivity contribution is 0.205. The van der Waals surface area contributed by atoms with Crippen molar-refractivity contribution in [2.75, 3.05) is 11.5 Å². The molecular formula is C14H14FNOS. The van der Waals surface area contributed by atoms with Gasteiger partial charge in [-0.1, -0.05) is 24.3 Å². The molecule has 2 aromatic carbocycles. The van der Waals surface area contributed by atoms with Crippen LogP contribution in [0.3, 0.4) is 0 Å². The molecule has 0 radical (unpaired) electrons. The fourth-order valence-corrected chi connectivity index (χ4v) is 2.54. The van der Waals surface area contributed by atoms with Crippen LogP contribution in [0.2, 0.25) is 0 Å². The normalized spacial score (nSPS) is 12.3. The van der Waals surface area contributed by atoms with E-state index < -0.39 is 6.10 Å². The second-order valence-electron chi connectivity index (χ2n) is 3.91. The second-order valence-corrected chi connectivity index (χ2v) is 5.01. The quantitative estimate of drug-likeness (QED) is 0.657. The molecule has 0 fully saturated rings. The fourth-order valence-electron chi connectivity index (χ4n) is 1.64. The van der Waals surface area contributed by atoms with Gasteiger partial charge in [-0.2, -0.15) is 0 Å². The number of rotatable bonds is 4. The number of nitrogens with two attached hydrogens (primary N) is 1. The van der Waals surface area contributed by atoms with Crippen molar-refractivity contribution in [1.29, 1.82) is 0 Å². The van der Waals surface area contributed by atoms with Crippen molar-refractivity contribution in [3.8, 4) is 0 Å². The molecule has 0 spiro atoms. The maximum Gasteiger partial charge on any atom is 0.124 e. The lowest BCUT2D eigenvalue weighted by atomic mass is 10.1. The Bertz CT molecular complexity index is 533. The van der Waals surface area contributed by atoms with Crippen molar-refractivity contribution in [3.05, 3.63) is 59.9 Å². The van der Waals surface area contributed by atoms with Crippen LogP contribution in [-0.2, 0) is 0 Å². The van der Waals surface area contributed by atoms with Crippen molar-refractivity contribution >= 4 is 17.4 Å². The molecule has 2 aromatic rings. The summed E-state index contributed by atoms with van der Waals surface area (Å²) < 4.78 is 13.0. The molecule has 0 amide bonds. The molecular weight excluding hydrogens is 249 g/mol. The maximum atomic E-state index is 13.0. The van der Waals surface area contributed by atoms with Crippen LogP contribution in [0.4, 0.5) is 10.1 Å². The summed E-state index contributed by atoms with van der Waals surface area (Å²) in [6.07, 6.45) is -0.653. The van der Waals surface area contributed by atoms with Crippen molar-refractivity contribution in [3.63, 3.8) is 0 Å². The topological polar surface area (TPSA) is 46.2 Å². The number of aliphatic hydroxyl groups is 1. The lowest BCUT2D eigenvalue weighted by Crippen LogP contribution is -2.04. The van der Waals surface area contributed by atoms with E-state index >= 15 is 0 Å². The van der Waals surface area contributed by atoms with E-state index in [-0.39, 0.29) is 5.82 Å². The van der Waals surface area contributed by atoms with Crippen molar-refractivity contribution < 1.29 is 9.50 Å². The average molecular weight is 263 g/mol. The van der Waals surface area contributed by atoms with Gasteiger partial charge in [-0.15, -0.1) is 11.8 Å². The van der Waals surface area contributed by atoms with Gasteiger partial charge in [0.1, 0.15) is 5.82 Å². The highest BCUT2D eigenvalue weighted by Crippen LogP contribution is 2.27. The zero-order chi connectivity index (χ0) is 13.0. The summed E-state index contributed by atoms with van der Waals surface area (Å²) in [4.78, 5) is 0.795. The van der Waals surface area contributed by atoms with Gasteiger partial charge in [0, 0.05) is 21.9 Å². The SMILES string of the molecule is Nc1ccccc1C(O)CSc1cccc(F)c1. The van der Waals surface area contributed by atoms with Crippen LogP contribution < -0.4 is 5.73 Å². The van der Waals surface area contributed by atoms with E-state index in [1.54, 1.807) is 18.2 Å². The Hall–Kier alpha value is -1.52. The number of aliphatic hydroxyl groups excluding tert-OH is 1. The first-order valence-corrected chi connectivity index (χ1v) is 6.56. The molecule has 0 bridgehead atoms. The molecule has 0 aliphatic heterocycles. The predicted molar refractivity (Wildman–Crippen MR) is 72.9 cm³/mol. The van der Waals surface area contributed by atoms with E-state index in [1.807, 2.05) is 18.2 Å². The zero-order valence-corrected chi connectivity index (χ0v) is 10.5. The van der Waals surface area contributed by atoms with Crippen LogP contribution in [0.25, 0.3) is 0 Å². The number of anilines is 1. The third kappa shape index (κ3) is 3.24. The summed E-state index contributed by atoms with van der Waals surface area (Å²) in [6, 6.07) is 13.5. The van der Waals surface area contributed by atoms with E-state index in [2.05, 4.69) is 0 Å². The number of benzene rings is 2. The molecule has 0 heterocycles. The average Bonchev–Trinajstić information content (AvgIpc) is 2.37. The zero-order valence-electron chi connectivity index (χ0n) is 9.71. The van der Waals surface area contributed by atoms with Gasteiger partial charge in [0.25, 0.3) is 0 Å². The molecule has 4 heteroatoms. The molecule has 94 valence electrons. The van der Waals surface area contributed by atoms with Crippen LogP contribution >= 0.6 is 11.8 Å². The summed E-state index contributed by atoms with van der Waals surface area (Å²) in [6.45, 7) is 0. The largest absolute Gasteiger partial charge is 0.398 e. The van der Waals surface area contributed by atoms with Gasteiger partial charge in [0.2, 0.25) is 0 Å². The number of halogens is 1. The standard InChI is InChI=1S/C14H14FNOS/c15-10-4-3-5-11(8-10)18-9-14(17)12-6-1-2-7-13(12)16/h1-8,14,17H,9,16H2. The number of nitrogen functional groups attached to an aromatic ring is 1. The van der Waals surface area contributed by atoms with Gasteiger partial charge in [0.15, 0.2) is 0 Å². The molecule has 2 nitrogen and oxygen atoms in total. The molecule has 0 saturated heterocycles. The van der Waals surface area contributed by atoms with Crippen molar-refractivity contribution in [2.24, 2.45) is 0 Å². The lowest BCUT2D eigenvalue weighted by Gasteiger charge is -2.12. The molecule has 0 aliphatic carbocycles. The second kappa shape index (κ2) is 5.89. The Morgan fingerprint density at radius 3 is 2.67 bits per heavy atom. The van der Waals surface area contributed by atoms with Crippen molar-refractivity contribution in [2.45, 2.75) is 11.0 Å². The van der Waals surface area contributed by atoms with Gasteiger partial charge in [-0.05, 0) is 24.3 Å². The summed E-state index contributed by atoms with van der Waals surface area (Å²) in [5.74, 6) is 0.172. The minimum absolute atomic E-state index is 0.270. The van der Waals surface area contributed by atoms with Crippen LogP contribution in [0.15, 0.2) is 53.4 Å². The molecule has 0 aliphatic rings. The number of hydrogen-bond donors (Lipinski definition) is 2. The van der Waals surface area contributed by atoms with Crippen LogP contribution in [0, 0.1) is 5.82 Å². The molecule has 0 saturated carbocycles. The summed E-state index contributed by atoms with van der Waals surface area (Å²) in [5.41, 5.74) is 7.07. The predicted octanol–water partition coefficient (Wildman–Crippen LogP) is 3.23. The van der Waals surface area contributed by atoms with Gasteiger partial charge < -0.3 is 10.8 Å². The fraction of sp³-hybridized carbons (Fsp3) is 0.143. The molecule has 2 rings (SSSR count). The Labute approximate surface area is 110 Å². The highest BCUT2D eigenvalue weighted by Gasteiger charge is 2.10. The van der Waals surface area contributed by atoms with E-state index in [9.17, 15) is 9.50 Å². The van der Waals surface area contributed by atoms with Gasteiger partial charge in [0.05, 0.1) is 6.10 Å². The first-order valence-electron chi connectivity index (χ1n) is 5.57. The third-order valence-electron chi connectivity index (χ3n) is 2.56. The highest BCUT2D eigenvalue weighted by molar-refractivity contribution is 7.99. The Morgan fingerprint density at radius 2 is 1.94 bits per heavy atom. The van der Waals surface area contributed by atoms with Gasteiger partial charge in [-0.25, -0.2) is 4.39 Å². The van der Waals surface area contributed by atoms with Gasteiger partial charge >= 0.3 is 0 Å². The molecule has 3 N–H and O–H groups in total. The number of para-hydroxylation sites is 1. The first kappa shape index (κ1) is 12.9. The molecule has 0 aromatic heterocycles. The van der Waals surface area contributed by atoms with Crippen LogP contribution in [0.5, 0.6) is 0 Å². The monoisotopic (exact) mass is 263 g/mol. The molecule has 1 unspecified atom stereocenters. The van der Waals surface area contributed by atoms with E-state index in [4.69, 9.17) is 5.73 Å². The smallest absolute Gasteiger partial charge is 0.124 e. The van der Waals surface area contributed by atoms with Gasteiger partial charge in [-0.3, -0.25) is 0 Å². The Morgan fingerprint density at radius 1 is 1.17 bits per heavy atom. The number of hydrogen-bond acceptors (Lipinski definition) is 3. The first-order chi connectivity index (χ1) is 8.66. The minimum Gasteiger partial charge on any atom is -0.398 e. The van der Waals surface area contributed by atoms with Crippen LogP contribution in [0.1, 0.15) is 11.7 Å². The van der Waals surface area contributed by atoms with Crippen LogP contribution in [-0.4, -0.2) is 10.9 Å². The molecule has 18 heavy (non-hydrogen) atoms. The van der Waals surface area contributed by atoms with E-state index in [1.165, 1.54) is 23.9 Å². The number of thioether (sulfide) groups is 1. The highest BCUT2D eigenvalue weighted by atomic mass is 32.2. The summed E-state index contributed by atoms with van der Waals surface area (Å²) >= 11 is 1.40. The van der Waals surface area contributed by atoms with E-state index in [0.29, 0.717) is 17.0 Å². The van der Waals surface area contributed by atoms with E-state index in [0.717, 1.165) is 4.90 Å². The summed E-state index contributed by atoms with van der Waals surface area (Å²) in [5, 5.41) is 10.0. The minimum atomic E-state index is -0.653. The van der Waals surface area contributed by atoms with Crippen molar-refractivity contribution in [1.82, 2.24) is 0 Å². The Kier molecular flexibility index (Phi) is 4.23. The molecule has 1 atom stereocenters. The maximum absolute atomic E-state index is 13.0. The third-order valence-corrected chi connectivity index (χ3v) is 3.63. The Balaban J connectivity index is 2.00. The summed E-state index contributed by atoms with van der Waals surface area (Å²) in [7, 11) is 0.